The smallest absolute Gasteiger partial charge is 0.162 e. The SMILES string of the molecule is CC(C)c1nc(-c2[c-]cc3ccccc3c2)c2c(n1)c1ccc3ccccc3c1n2C.CCC(C(=O)/C=C(\O)C(CC)C(C)C)C(C)C.[Ir]. The zero-order valence-electron chi connectivity index (χ0n) is 30.3. The maximum atomic E-state index is 12.0. The molecule has 6 heteroatoms. The van der Waals surface area contributed by atoms with Gasteiger partial charge < -0.3 is 9.67 Å². The number of ketones is 1. The summed E-state index contributed by atoms with van der Waals surface area (Å²) in [4.78, 5) is 22.1. The van der Waals surface area contributed by atoms with E-state index in [0.717, 1.165) is 41.0 Å². The number of rotatable bonds is 9. The molecule has 0 amide bonds. The maximum absolute atomic E-state index is 12.0. The number of hydrogen-bond donors (Lipinski definition) is 1. The van der Waals surface area contributed by atoms with Crippen LogP contribution in [0.15, 0.2) is 84.6 Å². The summed E-state index contributed by atoms with van der Waals surface area (Å²) < 4.78 is 2.26. The molecule has 0 aliphatic heterocycles. The van der Waals surface area contributed by atoms with Gasteiger partial charge in [-0.1, -0.05) is 121 Å². The first kappa shape index (κ1) is 37.9. The molecule has 2 heterocycles. The monoisotopic (exact) mass is 833 g/mol. The Bertz CT molecular complexity index is 2110. The molecule has 259 valence electrons. The molecule has 0 saturated heterocycles. The van der Waals surface area contributed by atoms with Crippen LogP contribution in [0.2, 0.25) is 0 Å². The van der Waals surface area contributed by atoms with E-state index in [1.54, 1.807) is 0 Å². The predicted octanol–water partition coefficient (Wildman–Crippen LogP) is 11.4. The zero-order valence-corrected chi connectivity index (χ0v) is 32.7. The normalized spacial score (nSPS) is 13.3. The Balaban J connectivity index is 0.000000260. The quantitative estimate of drug-likeness (QED) is 0.0895. The number of benzene rings is 4. The van der Waals surface area contributed by atoms with Gasteiger partial charge in [0, 0.05) is 67.4 Å². The van der Waals surface area contributed by atoms with Gasteiger partial charge in [-0.25, -0.2) is 4.98 Å². The van der Waals surface area contributed by atoms with Gasteiger partial charge in [-0.3, -0.25) is 9.78 Å². The van der Waals surface area contributed by atoms with Crippen molar-refractivity contribution >= 4 is 49.3 Å². The van der Waals surface area contributed by atoms with Gasteiger partial charge in [-0.05, 0) is 30.1 Å². The van der Waals surface area contributed by atoms with Crippen LogP contribution in [0, 0.1) is 29.7 Å². The second kappa shape index (κ2) is 16.2. The third kappa shape index (κ3) is 7.82. The minimum Gasteiger partial charge on any atom is -0.512 e. The molecular weight excluding hydrogens is 783 g/mol. The minimum atomic E-state index is 0. The van der Waals surface area contributed by atoms with Crippen molar-refractivity contribution in [3.8, 4) is 11.3 Å². The molecule has 1 N–H and O–H groups in total. The summed E-state index contributed by atoms with van der Waals surface area (Å²) in [7, 11) is 2.13. The van der Waals surface area contributed by atoms with Crippen LogP contribution in [0.3, 0.4) is 0 Å². The fourth-order valence-corrected chi connectivity index (χ4v) is 6.99. The Kier molecular flexibility index (Phi) is 12.6. The van der Waals surface area contributed by atoms with Crippen molar-refractivity contribution in [3.63, 3.8) is 0 Å². The number of nitrogens with zero attached hydrogens (tertiary/aromatic N) is 3. The van der Waals surface area contributed by atoms with Crippen LogP contribution in [0.4, 0.5) is 0 Å². The molecule has 1 radical (unpaired) electrons. The molecule has 2 atom stereocenters. The number of carbonyl (C=O) groups is 1. The molecule has 0 saturated carbocycles. The summed E-state index contributed by atoms with van der Waals surface area (Å²) in [6, 6.07) is 29.1. The number of aromatic nitrogens is 3. The Hall–Kier alpha value is -3.86. The fraction of sp³-hybridized carbons (Fsp3) is 0.372. The number of hydrogen-bond acceptors (Lipinski definition) is 4. The minimum absolute atomic E-state index is 0. The standard InChI is InChI=1S/C28H22N3.C15H28O2.Ir/c1-17(2)28-29-24(21-13-12-18-8-4-5-10-20(18)16-21)27-25(30-28)23-15-14-19-9-6-7-11-22(19)26(23)31(27)3;1-7-12(10(3)4)14(16)9-15(17)13(8-2)11(5)6;/h4-12,14-17H,1-3H3;9-13,16H,7-8H2,1-6H3;/q-1;;/b;14-9-;. The fourth-order valence-electron chi connectivity index (χ4n) is 6.99. The number of aliphatic hydroxyl groups is 1. The molecule has 0 spiro atoms. The summed E-state index contributed by atoms with van der Waals surface area (Å²) in [6.07, 6.45) is 3.16. The van der Waals surface area contributed by atoms with Crippen LogP contribution in [0.25, 0.3) is 54.7 Å². The summed E-state index contributed by atoms with van der Waals surface area (Å²) in [5.74, 6) is 2.25. The van der Waals surface area contributed by atoms with Crippen molar-refractivity contribution in [3.05, 3.63) is 96.5 Å². The van der Waals surface area contributed by atoms with E-state index in [0.29, 0.717) is 11.8 Å². The largest absolute Gasteiger partial charge is 0.512 e. The van der Waals surface area contributed by atoms with Crippen molar-refractivity contribution in [2.24, 2.45) is 30.7 Å². The molecule has 0 aliphatic carbocycles. The third-order valence-electron chi connectivity index (χ3n) is 9.70. The summed E-state index contributed by atoms with van der Waals surface area (Å²) in [6.45, 7) is 16.6. The Labute approximate surface area is 305 Å². The molecule has 4 aromatic carbocycles. The molecule has 6 rings (SSSR count). The molecule has 2 aromatic heterocycles. The zero-order chi connectivity index (χ0) is 34.7. The first-order chi connectivity index (χ1) is 23.0. The maximum Gasteiger partial charge on any atom is 0.162 e. The second-order valence-electron chi connectivity index (χ2n) is 14.0. The molecule has 6 aromatic rings. The van der Waals surface area contributed by atoms with Crippen molar-refractivity contribution in [2.45, 2.75) is 74.1 Å². The molecular formula is C43H50IrN3O2-. The van der Waals surface area contributed by atoms with Crippen LogP contribution in [-0.4, -0.2) is 25.4 Å². The van der Waals surface area contributed by atoms with Gasteiger partial charge in [0.15, 0.2) is 5.78 Å². The van der Waals surface area contributed by atoms with Crippen molar-refractivity contribution in [1.82, 2.24) is 14.5 Å². The van der Waals surface area contributed by atoms with Gasteiger partial charge in [-0.15, -0.1) is 29.1 Å². The third-order valence-corrected chi connectivity index (χ3v) is 9.70. The van der Waals surface area contributed by atoms with E-state index in [4.69, 9.17) is 9.97 Å². The van der Waals surface area contributed by atoms with Crippen molar-refractivity contribution in [1.29, 1.82) is 0 Å². The van der Waals surface area contributed by atoms with Crippen LogP contribution < -0.4 is 0 Å². The van der Waals surface area contributed by atoms with Crippen LogP contribution in [-0.2, 0) is 31.9 Å². The van der Waals surface area contributed by atoms with E-state index in [9.17, 15) is 9.90 Å². The van der Waals surface area contributed by atoms with Crippen molar-refractivity contribution in [2.75, 3.05) is 0 Å². The molecule has 0 aliphatic rings. The van der Waals surface area contributed by atoms with Gasteiger partial charge in [-0.2, -0.15) is 0 Å². The Morgan fingerprint density at radius 3 is 2.02 bits per heavy atom. The second-order valence-corrected chi connectivity index (χ2v) is 14.0. The van der Waals surface area contributed by atoms with E-state index >= 15 is 0 Å². The molecule has 0 bridgehead atoms. The summed E-state index contributed by atoms with van der Waals surface area (Å²) >= 11 is 0. The van der Waals surface area contributed by atoms with Crippen LogP contribution in [0.5, 0.6) is 0 Å². The van der Waals surface area contributed by atoms with Crippen LogP contribution >= 0.6 is 0 Å². The number of carbonyl (C=O) groups excluding carboxylic acids is 1. The molecule has 49 heavy (non-hydrogen) atoms. The van der Waals surface area contributed by atoms with Crippen molar-refractivity contribution < 1.29 is 30.0 Å². The number of allylic oxidation sites excluding steroid dienone is 2. The predicted molar refractivity (Wildman–Crippen MR) is 202 cm³/mol. The number of aliphatic hydroxyl groups excluding tert-OH is 1. The van der Waals surface area contributed by atoms with Crippen LogP contribution in [0.1, 0.15) is 80.0 Å². The molecule has 0 fully saturated rings. The molecule has 2 unspecified atom stereocenters. The van der Waals surface area contributed by atoms with E-state index in [1.165, 1.54) is 38.5 Å². The van der Waals surface area contributed by atoms with Gasteiger partial charge in [0.1, 0.15) is 5.82 Å². The number of fused-ring (bicyclic) bond motifs is 6. The average molecular weight is 833 g/mol. The summed E-state index contributed by atoms with van der Waals surface area (Å²) in [5, 5.41) is 16.0. The van der Waals surface area contributed by atoms with Gasteiger partial charge in [0.25, 0.3) is 0 Å². The van der Waals surface area contributed by atoms with E-state index in [2.05, 4.69) is 132 Å². The Morgan fingerprint density at radius 2 is 1.41 bits per heavy atom. The topological polar surface area (TPSA) is 68.0 Å². The molecule has 5 nitrogen and oxygen atoms in total. The van der Waals surface area contributed by atoms with E-state index in [-0.39, 0.29) is 49.4 Å². The average Bonchev–Trinajstić information content (AvgIpc) is 3.36. The Morgan fingerprint density at radius 1 is 0.796 bits per heavy atom. The van der Waals surface area contributed by atoms with Gasteiger partial charge >= 0.3 is 0 Å². The number of aryl methyl sites for hydroxylation is 1. The van der Waals surface area contributed by atoms with Gasteiger partial charge in [0.2, 0.25) is 0 Å². The van der Waals surface area contributed by atoms with E-state index < -0.39 is 0 Å². The summed E-state index contributed by atoms with van der Waals surface area (Å²) in [5.41, 5.74) is 5.22. The first-order valence-electron chi connectivity index (χ1n) is 17.5. The van der Waals surface area contributed by atoms with Gasteiger partial charge in [0.05, 0.1) is 22.3 Å². The first-order valence-corrected chi connectivity index (χ1v) is 17.5. The van der Waals surface area contributed by atoms with E-state index in [1.807, 2.05) is 13.8 Å².